The van der Waals surface area contributed by atoms with Crippen molar-refractivity contribution in [2.45, 2.75) is 6.92 Å². The Bertz CT molecular complexity index is 573. The van der Waals surface area contributed by atoms with Crippen molar-refractivity contribution in [2.24, 2.45) is 0 Å². The van der Waals surface area contributed by atoms with Crippen molar-refractivity contribution in [3.8, 4) is 0 Å². The fourth-order valence-corrected chi connectivity index (χ4v) is 3.32. The van der Waals surface area contributed by atoms with Gasteiger partial charge in [-0.25, -0.2) is 4.39 Å². The standard InChI is InChI=1S/C12H7Br2FOS/c1-6-5-9(17-12(6)14)11(16)7-3-2-4-8(15)10(7)13/h2-5H,1H3. The number of halogens is 3. The third kappa shape index (κ3) is 2.51. The van der Waals surface area contributed by atoms with Crippen LogP contribution in [0, 0.1) is 12.7 Å². The monoisotopic (exact) mass is 376 g/mol. The van der Waals surface area contributed by atoms with E-state index in [9.17, 15) is 9.18 Å². The first-order chi connectivity index (χ1) is 8.00. The molecule has 0 saturated carbocycles. The first-order valence-electron chi connectivity index (χ1n) is 4.75. The van der Waals surface area contributed by atoms with Crippen LogP contribution >= 0.6 is 43.2 Å². The van der Waals surface area contributed by atoms with Gasteiger partial charge in [-0.2, -0.15) is 0 Å². The molecule has 0 atom stereocenters. The second-order valence-corrected chi connectivity index (χ2v) is 6.66. The lowest BCUT2D eigenvalue weighted by molar-refractivity contribution is 0.104. The van der Waals surface area contributed by atoms with E-state index < -0.39 is 5.82 Å². The maximum Gasteiger partial charge on any atom is 0.204 e. The highest BCUT2D eigenvalue weighted by Crippen LogP contribution is 2.31. The van der Waals surface area contributed by atoms with Gasteiger partial charge in [0.2, 0.25) is 5.78 Å². The van der Waals surface area contributed by atoms with Crippen LogP contribution in [0.15, 0.2) is 32.5 Å². The molecule has 1 aromatic carbocycles. The van der Waals surface area contributed by atoms with Crippen molar-refractivity contribution in [3.63, 3.8) is 0 Å². The van der Waals surface area contributed by atoms with Gasteiger partial charge in [0, 0.05) is 5.56 Å². The Kier molecular flexibility index (Phi) is 3.80. The molecule has 0 aliphatic rings. The van der Waals surface area contributed by atoms with Crippen molar-refractivity contribution < 1.29 is 9.18 Å². The average molecular weight is 378 g/mol. The molecule has 0 saturated heterocycles. The topological polar surface area (TPSA) is 17.1 Å². The molecule has 0 aliphatic carbocycles. The summed E-state index contributed by atoms with van der Waals surface area (Å²) in [6.07, 6.45) is 0. The van der Waals surface area contributed by atoms with Crippen LogP contribution in [0.1, 0.15) is 20.8 Å². The number of rotatable bonds is 2. The molecule has 0 aliphatic heterocycles. The molecule has 17 heavy (non-hydrogen) atoms. The molecule has 0 fully saturated rings. The van der Waals surface area contributed by atoms with Crippen molar-refractivity contribution >= 4 is 49.0 Å². The lowest BCUT2D eigenvalue weighted by Crippen LogP contribution is -2.00. The number of carbonyl (C=O) groups excluding carboxylic acids is 1. The van der Waals surface area contributed by atoms with Gasteiger partial charge in [0.05, 0.1) is 13.1 Å². The van der Waals surface area contributed by atoms with Gasteiger partial charge in [-0.3, -0.25) is 4.79 Å². The molecular formula is C12H7Br2FOS. The predicted octanol–water partition coefficient (Wildman–Crippen LogP) is 4.95. The van der Waals surface area contributed by atoms with Crippen molar-refractivity contribution in [1.82, 2.24) is 0 Å². The Morgan fingerprint density at radius 1 is 1.35 bits per heavy atom. The second kappa shape index (κ2) is 5.00. The molecule has 1 aromatic heterocycles. The van der Waals surface area contributed by atoms with E-state index in [0.717, 1.165) is 9.35 Å². The van der Waals surface area contributed by atoms with E-state index in [-0.39, 0.29) is 10.3 Å². The van der Waals surface area contributed by atoms with Gasteiger partial charge in [-0.15, -0.1) is 11.3 Å². The van der Waals surface area contributed by atoms with Crippen molar-refractivity contribution in [2.75, 3.05) is 0 Å². The molecule has 88 valence electrons. The molecule has 2 rings (SSSR count). The van der Waals surface area contributed by atoms with Gasteiger partial charge in [0.1, 0.15) is 5.82 Å². The molecule has 1 heterocycles. The number of thiophene rings is 1. The summed E-state index contributed by atoms with van der Waals surface area (Å²) in [4.78, 5) is 12.8. The van der Waals surface area contributed by atoms with E-state index in [4.69, 9.17) is 0 Å². The number of hydrogen-bond donors (Lipinski definition) is 0. The van der Waals surface area contributed by atoms with Crippen LogP contribution in [-0.4, -0.2) is 5.78 Å². The number of hydrogen-bond acceptors (Lipinski definition) is 2. The summed E-state index contributed by atoms with van der Waals surface area (Å²) in [6, 6.07) is 6.26. The SMILES string of the molecule is Cc1cc(C(=O)c2cccc(F)c2Br)sc1Br. The minimum atomic E-state index is -0.428. The van der Waals surface area contributed by atoms with Crippen LogP contribution in [0.25, 0.3) is 0 Å². The average Bonchev–Trinajstić information content (AvgIpc) is 2.62. The quantitative estimate of drug-likeness (QED) is 0.676. The minimum absolute atomic E-state index is 0.171. The van der Waals surface area contributed by atoms with Crippen LogP contribution in [-0.2, 0) is 0 Å². The Morgan fingerprint density at radius 2 is 2.06 bits per heavy atom. The summed E-state index contributed by atoms with van der Waals surface area (Å²) in [6.45, 7) is 1.91. The van der Waals surface area contributed by atoms with Crippen LogP contribution in [0.5, 0.6) is 0 Å². The van der Waals surface area contributed by atoms with Gasteiger partial charge in [-0.05, 0) is 62.5 Å². The minimum Gasteiger partial charge on any atom is -0.288 e. The lowest BCUT2D eigenvalue weighted by atomic mass is 10.1. The molecule has 0 amide bonds. The zero-order valence-electron chi connectivity index (χ0n) is 8.76. The Labute approximate surface area is 119 Å². The normalized spacial score (nSPS) is 10.6. The van der Waals surface area contributed by atoms with E-state index in [0.29, 0.717) is 10.4 Å². The van der Waals surface area contributed by atoms with Gasteiger partial charge in [-0.1, -0.05) is 6.07 Å². The number of benzene rings is 1. The largest absolute Gasteiger partial charge is 0.288 e. The van der Waals surface area contributed by atoms with E-state index in [1.165, 1.54) is 23.5 Å². The molecule has 1 nitrogen and oxygen atoms in total. The second-order valence-electron chi connectivity index (χ2n) is 3.50. The molecule has 5 heteroatoms. The molecular weight excluding hydrogens is 371 g/mol. The first-order valence-corrected chi connectivity index (χ1v) is 7.15. The third-order valence-electron chi connectivity index (χ3n) is 2.28. The first kappa shape index (κ1) is 12.9. The summed E-state index contributed by atoms with van der Waals surface area (Å²) in [5.74, 6) is -0.599. The summed E-state index contributed by atoms with van der Waals surface area (Å²) >= 11 is 7.83. The summed E-state index contributed by atoms with van der Waals surface area (Å²) in [5, 5.41) is 0. The van der Waals surface area contributed by atoms with Gasteiger partial charge in [0.15, 0.2) is 0 Å². The molecule has 0 bridgehead atoms. The molecule has 2 aromatic rings. The maximum atomic E-state index is 13.3. The molecule has 0 radical (unpaired) electrons. The highest BCUT2D eigenvalue weighted by atomic mass is 79.9. The van der Waals surface area contributed by atoms with E-state index in [1.54, 1.807) is 12.1 Å². The highest BCUT2D eigenvalue weighted by molar-refractivity contribution is 9.11. The van der Waals surface area contributed by atoms with Crippen molar-refractivity contribution in [3.05, 3.63) is 54.3 Å². The predicted molar refractivity (Wildman–Crippen MR) is 74.3 cm³/mol. The molecule has 0 spiro atoms. The molecule has 0 N–H and O–H groups in total. The Hall–Kier alpha value is -0.520. The highest BCUT2D eigenvalue weighted by Gasteiger charge is 2.17. The summed E-state index contributed by atoms with van der Waals surface area (Å²) in [5.41, 5.74) is 1.35. The van der Waals surface area contributed by atoms with Gasteiger partial charge in [0.25, 0.3) is 0 Å². The number of ketones is 1. The Morgan fingerprint density at radius 3 is 2.65 bits per heavy atom. The van der Waals surface area contributed by atoms with E-state index >= 15 is 0 Å². The van der Waals surface area contributed by atoms with Crippen LogP contribution in [0.4, 0.5) is 4.39 Å². The molecule has 0 unspecified atom stereocenters. The summed E-state index contributed by atoms with van der Waals surface area (Å²) < 4.78 is 14.5. The third-order valence-corrected chi connectivity index (χ3v) is 5.22. The van der Waals surface area contributed by atoms with Crippen molar-refractivity contribution in [1.29, 1.82) is 0 Å². The van der Waals surface area contributed by atoms with E-state index in [1.807, 2.05) is 6.92 Å². The smallest absolute Gasteiger partial charge is 0.204 e. The zero-order valence-corrected chi connectivity index (χ0v) is 12.7. The number of aryl methyl sites for hydroxylation is 1. The maximum absolute atomic E-state index is 13.3. The number of carbonyl (C=O) groups is 1. The van der Waals surface area contributed by atoms with E-state index in [2.05, 4.69) is 31.9 Å². The summed E-state index contributed by atoms with van der Waals surface area (Å²) in [7, 11) is 0. The van der Waals surface area contributed by atoms with Gasteiger partial charge < -0.3 is 0 Å². The lowest BCUT2D eigenvalue weighted by Gasteiger charge is -2.02. The van der Waals surface area contributed by atoms with Crippen LogP contribution < -0.4 is 0 Å². The fourth-order valence-electron chi connectivity index (χ4n) is 1.38. The van der Waals surface area contributed by atoms with Crippen LogP contribution in [0.2, 0.25) is 0 Å². The fraction of sp³-hybridized carbons (Fsp3) is 0.0833. The van der Waals surface area contributed by atoms with Crippen LogP contribution in [0.3, 0.4) is 0 Å². The van der Waals surface area contributed by atoms with Gasteiger partial charge >= 0.3 is 0 Å². The zero-order chi connectivity index (χ0) is 12.6. The Balaban J connectivity index is 2.47.